The standard InChI is InChI=1S/C29H34F3N7O3/c1-27(2,3)42-26(40)39-13-5-8-28(19-39)9-14-38(15-10-28)24-17-23(36-25(37-24)20-6-4-11-33-18-20)35-22-16-21(7-12-34-22)41-29(30,31)32/h4,6-7,11-12,16-18H,5,8-10,13-15,19H2,1-3H3,(H,34,35,36,37). The summed E-state index contributed by atoms with van der Waals surface area (Å²) < 4.78 is 47.9. The number of ether oxygens (including phenoxy) is 2. The third-order valence-electron chi connectivity index (χ3n) is 7.31. The predicted octanol–water partition coefficient (Wildman–Crippen LogP) is 6.19. The van der Waals surface area contributed by atoms with E-state index in [2.05, 4.69) is 29.9 Å². The lowest BCUT2D eigenvalue weighted by Gasteiger charge is -2.47. The van der Waals surface area contributed by atoms with E-state index >= 15 is 0 Å². The first-order chi connectivity index (χ1) is 19.9. The first-order valence-electron chi connectivity index (χ1n) is 13.9. The number of hydrogen-bond acceptors (Lipinski definition) is 9. The number of carbonyl (C=O) groups is 1. The number of nitrogens with zero attached hydrogens (tertiary/aromatic N) is 6. The molecule has 2 saturated heterocycles. The van der Waals surface area contributed by atoms with E-state index in [0.29, 0.717) is 36.1 Å². The summed E-state index contributed by atoms with van der Waals surface area (Å²) in [6.45, 7) is 8.41. The van der Waals surface area contributed by atoms with Crippen molar-refractivity contribution in [1.82, 2.24) is 24.8 Å². The Labute approximate surface area is 242 Å². The second-order valence-corrected chi connectivity index (χ2v) is 11.7. The van der Waals surface area contributed by atoms with Crippen molar-refractivity contribution in [2.24, 2.45) is 5.41 Å². The van der Waals surface area contributed by atoms with Gasteiger partial charge in [-0.1, -0.05) is 0 Å². The van der Waals surface area contributed by atoms with Crippen molar-refractivity contribution >= 4 is 23.5 Å². The van der Waals surface area contributed by atoms with Gasteiger partial charge < -0.3 is 24.6 Å². The molecule has 13 heteroatoms. The number of likely N-dealkylation sites (tertiary alicyclic amines) is 1. The summed E-state index contributed by atoms with van der Waals surface area (Å²) >= 11 is 0. The van der Waals surface area contributed by atoms with Crippen LogP contribution in [0.3, 0.4) is 0 Å². The van der Waals surface area contributed by atoms with Gasteiger partial charge in [0.2, 0.25) is 0 Å². The summed E-state index contributed by atoms with van der Waals surface area (Å²) in [5.74, 6) is 1.20. The number of hydrogen-bond donors (Lipinski definition) is 1. The highest BCUT2D eigenvalue weighted by Crippen LogP contribution is 2.41. The van der Waals surface area contributed by atoms with Crippen molar-refractivity contribution in [2.75, 3.05) is 36.4 Å². The van der Waals surface area contributed by atoms with Crippen LogP contribution in [0.15, 0.2) is 48.9 Å². The Kier molecular flexibility index (Phi) is 8.11. The molecule has 5 rings (SSSR count). The number of aromatic nitrogens is 4. The average Bonchev–Trinajstić information content (AvgIpc) is 2.92. The maximum atomic E-state index is 12.8. The fraction of sp³-hybridized carbons (Fsp3) is 0.483. The van der Waals surface area contributed by atoms with E-state index in [0.717, 1.165) is 50.9 Å². The lowest BCUT2D eigenvalue weighted by atomic mass is 9.72. The molecule has 2 aliphatic rings. The largest absolute Gasteiger partial charge is 0.573 e. The van der Waals surface area contributed by atoms with E-state index < -0.39 is 17.7 Å². The zero-order chi connectivity index (χ0) is 30.0. The maximum absolute atomic E-state index is 12.8. The Morgan fingerprint density at radius 1 is 1.00 bits per heavy atom. The molecular weight excluding hydrogens is 551 g/mol. The van der Waals surface area contributed by atoms with Gasteiger partial charge in [-0.15, -0.1) is 13.2 Å². The Balaban J connectivity index is 1.35. The normalized spacial score (nSPS) is 17.2. The summed E-state index contributed by atoms with van der Waals surface area (Å²) in [4.78, 5) is 34.5. The number of nitrogens with one attached hydrogen (secondary N) is 1. The summed E-state index contributed by atoms with van der Waals surface area (Å²) in [7, 11) is 0. The van der Waals surface area contributed by atoms with Crippen LogP contribution in [0.1, 0.15) is 46.5 Å². The Hall–Kier alpha value is -4.16. The Morgan fingerprint density at radius 3 is 2.48 bits per heavy atom. The maximum Gasteiger partial charge on any atom is 0.573 e. The minimum Gasteiger partial charge on any atom is -0.444 e. The molecule has 0 unspecified atom stereocenters. The summed E-state index contributed by atoms with van der Waals surface area (Å²) in [5.41, 5.74) is 0.158. The minimum absolute atomic E-state index is 0.00872. The number of pyridine rings is 2. The van der Waals surface area contributed by atoms with Crippen molar-refractivity contribution in [1.29, 1.82) is 0 Å². The molecule has 1 spiro atoms. The third-order valence-corrected chi connectivity index (χ3v) is 7.31. The fourth-order valence-corrected chi connectivity index (χ4v) is 5.40. The smallest absolute Gasteiger partial charge is 0.444 e. The first kappa shape index (κ1) is 29.3. The van der Waals surface area contributed by atoms with Crippen LogP contribution in [-0.4, -0.2) is 69.1 Å². The van der Waals surface area contributed by atoms with Gasteiger partial charge in [-0.2, -0.15) is 0 Å². The molecule has 0 atom stereocenters. The quantitative estimate of drug-likeness (QED) is 0.375. The number of amides is 1. The van der Waals surface area contributed by atoms with E-state index in [9.17, 15) is 18.0 Å². The van der Waals surface area contributed by atoms with Gasteiger partial charge in [-0.05, 0) is 70.1 Å². The van der Waals surface area contributed by atoms with Crippen molar-refractivity contribution < 1.29 is 27.4 Å². The molecule has 1 amide bonds. The van der Waals surface area contributed by atoms with Gasteiger partial charge in [0.15, 0.2) is 5.82 Å². The van der Waals surface area contributed by atoms with Gasteiger partial charge in [0.1, 0.15) is 28.8 Å². The van der Waals surface area contributed by atoms with Crippen LogP contribution in [0.4, 0.5) is 35.4 Å². The second kappa shape index (κ2) is 11.6. The third kappa shape index (κ3) is 7.56. The second-order valence-electron chi connectivity index (χ2n) is 11.7. The van der Waals surface area contributed by atoms with Gasteiger partial charge in [0.25, 0.3) is 0 Å². The average molecular weight is 586 g/mol. The predicted molar refractivity (Wildman–Crippen MR) is 150 cm³/mol. The highest BCUT2D eigenvalue weighted by Gasteiger charge is 2.41. The van der Waals surface area contributed by atoms with Crippen molar-refractivity contribution in [2.45, 2.75) is 58.4 Å². The van der Waals surface area contributed by atoms with Crippen molar-refractivity contribution in [3.05, 3.63) is 48.9 Å². The zero-order valence-corrected chi connectivity index (χ0v) is 23.8. The molecular formula is C29H34F3N7O3. The van der Waals surface area contributed by atoms with Crippen LogP contribution in [0, 0.1) is 5.41 Å². The number of carbonyl (C=O) groups excluding carboxylic acids is 1. The van der Waals surface area contributed by atoms with E-state index in [1.165, 1.54) is 6.20 Å². The van der Waals surface area contributed by atoms with Crippen LogP contribution in [0.2, 0.25) is 0 Å². The van der Waals surface area contributed by atoms with Crippen LogP contribution >= 0.6 is 0 Å². The fourth-order valence-electron chi connectivity index (χ4n) is 5.40. The van der Waals surface area contributed by atoms with Crippen LogP contribution < -0.4 is 15.0 Å². The van der Waals surface area contributed by atoms with E-state index in [4.69, 9.17) is 9.72 Å². The molecule has 3 aromatic heterocycles. The van der Waals surface area contributed by atoms with Crippen molar-refractivity contribution in [3.63, 3.8) is 0 Å². The molecule has 0 aliphatic carbocycles. The van der Waals surface area contributed by atoms with E-state index in [1.54, 1.807) is 24.5 Å². The molecule has 5 heterocycles. The molecule has 0 saturated carbocycles. The number of halogens is 3. The van der Waals surface area contributed by atoms with E-state index in [1.807, 2.05) is 31.7 Å². The molecule has 1 N–H and O–H groups in total. The molecule has 42 heavy (non-hydrogen) atoms. The lowest BCUT2D eigenvalue weighted by molar-refractivity contribution is -0.274. The molecule has 3 aromatic rings. The monoisotopic (exact) mass is 585 g/mol. The van der Waals surface area contributed by atoms with Crippen LogP contribution in [-0.2, 0) is 4.74 Å². The molecule has 224 valence electrons. The SMILES string of the molecule is CC(C)(C)OC(=O)N1CCCC2(CCN(c3cc(Nc4cc(OC(F)(F)F)ccn4)nc(-c4cccnc4)n3)CC2)C1. The molecule has 2 fully saturated rings. The molecule has 0 aromatic carbocycles. The molecule has 0 radical (unpaired) electrons. The number of anilines is 3. The van der Waals surface area contributed by atoms with Gasteiger partial charge in [0, 0.05) is 62.5 Å². The first-order valence-corrected chi connectivity index (χ1v) is 13.9. The summed E-state index contributed by atoms with van der Waals surface area (Å²) in [6.07, 6.45) is 3.16. The molecule has 2 aliphatic heterocycles. The van der Waals surface area contributed by atoms with E-state index in [-0.39, 0.29) is 17.3 Å². The number of rotatable bonds is 5. The lowest BCUT2D eigenvalue weighted by Crippen LogP contribution is -2.52. The minimum atomic E-state index is -4.82. The van der Waals surface area contributed by atoms with Gasteiger partial charge >= 0.3 is 12.5 Å². The topological polar surface area (TPSA) is 106 Å². The zero-order valence-electron chi connectivity index (χ0n) is 23.8. The number of alkyl halides is 3. The van der Waals surface area contributed by atoms with Crippen LogP contribution in [0.25, 0.3) is 11.4 Å². The number of piperidine rings is 2. The van der Waals surface area contributed by atoms with Gasteiger partial charge in [0.05, 0.1) is 0 Å². The Morgan fingerprint density at radius 2 is 1.79 bits per heavy atom. The molecule has 0 bridgehead atoms. The molecule has 10 nitrogen and oxygen atoms in total. The van der Waals surface area contributed by atoms with Crippen LogP contribution in [0.5, 0.6) is 5.75 Å². The van der Waals surface area contributed by atoms with Gasteiger partial charge in [-0.3, -0.25) is 4.98 Å². The van der Waals surface area contributed by atoms with Gasteiger partial charge in [-0.25, -0.2) is 19.7 Å². The highest BCUT2D eigenvalue weighted by atomic mass is 19.4. The van der Waals surface area contributed by atoms with Crippen molar-refractivity contribution in [3.8, 4) is 17.1 Å². The summed E-state index contributed by atoms with van der Waals surface area (Å²) in [5, 5.41) is 3.00. The Bertz CT molecular complexity index is 1390. The summed E-state index contributed by atoms with van der Waals surface area (Å²) in [6, 6.07) is 7.66. The highest BCUT2D eigenvalue weighted by molar-refractivity contribution is 5.68.